The summed E-state index contributed by atoms with van der Waals surface area (Å²) in [4.78, 5) is 10.8. The summed E-state index contributed by atoms with van der Waals surface area (Å²) in [6.07, 6.45) is 1.17. The quantitative estimate of drug-likeness (QED) is 0.621. The first-order valence-corrected chi connectivity index (χ1v) is 5.88. The van der Waals surface area contributed by atoms with Crippen molar-refractivity contribution in [2.24, 2.45) is 5.73 Å². The van der Waals surface area contributed by atoms with Crippen LogP contribution in [0.2, 0.25) is 0 Å². The van der Waals surface area contributed by atoms with Gasteiger partial charge in [-0.3, -0.25) is 4.79 Å². The highest BCUT2D eigenvalue weighted by molar-refractivity contribution is 5.71. The molecule has 0 spiro atoms. The van der Waals surface area contributed by atoms with E-state index in [-0.39, 0.29) is 12.1 Å². The molecular weight excluding hydrogens is 222 g/mol. The number of carbonyl (C=O) groups is 1. The maximum atomic E-state index is 10.8. The zero-order chi connectivity index (χ0) is 13.5. The van der Waals surface area contributed by atoms with Gasteiger partial charge in [0.15, 0.2) is 0 Å². The largest absolute Gasteiger partial charge is 0.465 e. The lowest BCUT2D eigenvalue weighted by molar-refractivity contribution is -0.143. The third-order valence-electron chi connectivity index (χ3n) is 2.34. The van der Waals surface area contributed by atoms with Crippen molar-refractivity contribution in [2.75, 3.05) is 19.8 Å². The Hall–Kier alpha value is -0.650. The monoisotopic (exact) mass is 247 g/mol. The summed E-state index contributed by atoms with van der Waals surface area (Å²) in [7, 11) is 0. The molecule has 0 atom stereocenters. The van der Waals surface area contributed by atoms with E-state index in [0.29, 0.717) is 26.1 Å². The molecule has 0 radical (unpaired) electrons. The topological polar surface area (TPSA) is 81.8 Å². The molecule has 17 heavy (non-hydrogen) atoms. The van der Waals surface area contributed by atoms with E-state index < -0.39 is 11.6 Å². The number of aliphatic hydroxyl groups is 1. The minimum atomic E-state index is -0.720. The van der Waals surface area contributed by atoms with E-state index in [1.807, 2.05) is 13.8 Å². The molecular formula is C12H25NO4. The van der Waals surface area contributed by atoms with Crippen LogP contribution in [0.3, 0.4) is 0 Å². The van der Waals surface area contributed by atoms with E-state index in [0.717, 1.165) is 0 Å². The highest BCUT2D eigenvalue weighted by atomic mass is 16.5. The van der Waals surface area contributed by atoms with Gasteiger partial charge in [0.25, 0.3) is 0 Å². The second-order valence-electron chi connectivity index (χ2n) is 5.35. The summed E-state index contributed by atoms with van der Waals surface area (Å²) in [5.74, 6) is -0.405. The van der Waals surface area contributed by atoms with Crippen LogP contribution in [-0.4, -0.2) is 42.0 Å². The Bertz CT molecular complexity index is 233. The van der Waals surface area contributed by atoms with Gasteiger partial charge in [-0.1, -0.05) is 0 Å². The highest BCUT2D eigenvalue weighted by Crippen LogP contribution is 2.17. The van der Waals surface area contributed by atoms with Gasteiger partial charge in [-0.2, -0.15) is 0 Å². The normalized spacial score (nSPS) is 12.6. The van der Waals surface area contributed by atoms with Crippen LogP contribution in [0.1, 0.15) is 40.5 Å². The molecule has 0 heterocycles. The first kappa shape index (κ1) is 16.4. The molecule has 0 amide bonds. The molecule has 0 saturated carbocycles. The van der Waals surface area contributed by atoms with Crippen LogP contribution >= 0.6 is 0 Å². The van der Waals surface area contributed by atoms with Crippen molar-refractivity contribution in [1.29, 1.82) is 0 Å². The molecule has 0 rings (SSSR count). The molecule has 0 bridgehead atoms. The van der Waals surface area contributed by atoms with Gasteiger partial charge >= 0.3 is 5.97 Å². The maximum Gasteiger partial charge on any atom is 0.319 e. The lowest BCUT2D eigenvalue weighted by atomic mass is 10.0. The number of hydrogen-bond acceptors (Lipinski definition) is 5. The van der Waals surface area contributed by atoms with Gasteiger partial charge in [-0.05, 0) is 34.1 Å². The van der Waals surface area contributed by atoms with Gasteiger partial charge in [-0.25, -0.2) is 0 Å². The molecule has 102 valence electrons. The standard InChI is InChI=1S/C12H25NO4/c1-11(2,15)5-8-17-12(3,4)6-7-16-10(14)9-13/h15H,5-9,13H2,1-4H3. The Balaban J connectivity index is 3.76. The van der Waals surface area contributed by atoms with Crippen molar-refractivity contribution >= 4 is 5.97 Å². The first-order valence-electron chi connectivity index (χ1n) is 5.88. The summed E-state index contributed by atoms with van der Waals surface area (Å²) in [6.45, 7) is 8.01. The molecule has 5 nitrogen and oxygen atoms in total. The van der Waals surface area contributed by atoms with Crippen molar-refractivity contribution in [2.45, 2.75) is 51.7 Å². The molecule has 0 aromatic heterocycles. The van der Waals surface area contributed by atoms with Crippen LogP contribution in [0.5, 0.6) is 0 Å². The van der Waals surface area contributed by atoms with Crippen molar-refractivity contribution < 1.29 is 19.4 Å². The zero-order valence-electron chi connectivity index (χ0n) is 11.3. The number of carbonyl (C=O) groups excluding carboxylic acids is 1. The van der Waals surface area contributed by atoms with E-state index in [2.05, 4.69) is 0 Å². The van der Waals surface area contributed by atoms with Crippen molar-refractivity contribution in [3.8, 4) is 0 Å². The molecule has 3 N–H and O–H groups in total. The van der Waals surface area contributed by atoms with Gasteiger partial charge < -0.3 is 20.3 Å². The summed E-state index contributed by atoms with van der Waals surface area (Å²) in [6, 6.07) is 0. The molecule has 0 fully saturated rings. The van der Waals surface area contributed by atoms with Crippen LogP contribution in [0.25, 0.3) is 0 Å². The number of nitrogens with two attached hydrogens (primary N) is 1. The van der Waals surface area contributed by atoms with E-state index in [1.54, 1.807) is 13.8 Å². The highest BCUT2D eigenvalue weighted by Gasteiger charge is 2.21. The minimum Gasteiger partial charge on any atom is -0.465 e. The SMILES string of the molecule is CC(C)(O)CCOC(C)(C)CCOC(=O)CN. The molecule has 0 aliphatic heterocycles. The maximum absolute atomic E-state index is 10.8. The van der Waals surface area contributed by atoms with Crippen molar-refractivity contribution in [1.82, 2.24) is 0 Å². The molecule has 0 aliphatic carbocycles. The van der Waals surface area contributed by atoms with Gasteiger partial charge in [0.05, 0.1) is 31.0 Å². The average Bonchev–Trinajstić information content (AvgIpc) is 2.14. The zero-order valence-corrected chi connectivity index (χ0v) is 11.3. The lowest BCUT2D eigenvalue weighted by Crippen LogP contribution is -2.30. The average molecular weight is 247 g/mol. The van der Waals surface area contributed by atoms with E-state index in [9.17, 15) is 9.90 Å². The van der Waals surface area contributed by atoms with Gasteiger partial charge in [0.1, 0.15) is 0 Å². The Morgan fingerprint density at radius 1 is 1.18 bits per heavy atom. The van der Waals surface area contributed by atoms with Crippen molar-refractivity contribution in [3.63, 3.8) is 0 Å². The molecule has 5 heteroatoms. The third kappa shape index (κ3) is 10.2. The summed E-state index contributed by atoms with van der Waals surface area (Å²) in [5, 5.41) is 9.53. The van der Waals surface area contributed by atoms with Gasteiger partial charge in [0.2, 0.25) is 0 Å². The van der Waals surface area contributed by atoms with Crippen LogP contribution < -0.4 is 5.73 Å². The minimum absolute atomic E-state index is 0.0972. The fraction of sp³-hybridized carbons (Fsp3) is 0.917. The molecule has 0 unspecified atom stereocenters. The van der Waals surface area contributed by atoms with Crippen LogP contribution in [-0.2, 0) is 14.3 Å². The summed E-state index contributed by atoms with van der Waals surface area (Å²) >= 11 is 0. The number of esters is 1. The third-order valence-corrected chi connectivity index (χ3v) is 2.34. The van der Waals surface area contributed by atoms with Crippen molar-refractivity contribution in [3.05, 3.63) is 0 Å². The van der Waals surface area contributed by atoms with E-state index in [1.165, 1.54) is 0 Å². The van der Waals surface area contributed by atoms with E-state index in [4.69, 9.17) is 15.2 Å². The van der Waals surface area contributed by atoms with E-state index >= 15 is 0 Å². The van der Waals surface area contributed by atoms with Crippen LogP contribution in [0.15, 0.2) is 0 Å². The number of rotatable bonds is 8. The smallest absolute Gasteiger partial charge is 0.319 e. The second kappa shape index (κ2) is 6.93. The Morgan fingerprint density at radius 3 is 2.24 bits per heavy atom. The molecule has 0 aromatic rings. The van der Waals surface area contributed by atoms with Crippen LogP contribution in [0, 0.1) is 0 Å². The number of ether oxygens (including phenoxy) is 2. The Labute approximate surface area is 103 Å². The molecule has 0 saturated heterocycles. The van der Waals surface area contributed by atoms with Gasteiger partial charge in [-0.15, -0.1) is 0 Å². The fourth-order valence-electron chi connectivity index (χ4n) is 1.12. The summed E-state index contributed by atoms with van der Waals surface area (Å²) < 4.78 is 10.5. The number of hydrogen-bond donors (Lipinski definition) is 2. The van der Waals surface area contributed by atoms with Crippen LogP contribution in [0.4, 0.5) is 0 Å². The second-order valence-corrected chi connectivity index (χ2v) is 5.35. The van der Waals surface area contributed by atoms with Gasteiger partial charge in [0, 0.05) is 6.42 Å². The predicted octanol–water partition coefficient (Wildman–Crippen LogP) is 0.835. The first-order chi connectivity index (χ1) is 7.66. The molecule has 0 aliphatic rings. The molecule has 0 aromatic carbocycles. The predicted molar refractivity (Wildman–Crippen MR) is 65.6 cm³/mol. The lowest BCUT2D eigenvalue weighted by Gasteiger charge is -2.27. The summed E-state index contributed by atoms with van der Waals surface area (Å²) in [5.41, 5.74) is 4.02. The fourth-order valence-corrected chi connectivity index (χ4v) is 1.12. The Kier molecular flexibility index (Phi) is 6.67. The Morgan fingerprint density at radius 2 is 1.76 bits per heavy atom.